The molecular formula is C11H12BrN3O3. The van der Waals surface area contributed by atoms with E-state index in [9.17, 15) is 14.9 Å². The van der Waals surface area contributed by atoms with Crippen LogP contribution >= 0.6 is 15.9 Å². The Morgan fingerprint density at radius 2 is 2.28 bits per heavy atom. The first kappa shape index (κ1) is 12.8. The molecule has 1 N–H and O–H groups in total. The van der Waals surface area contributed by atoms with Gasteiger partial charge in [0, 0.05) is 35.9 Å². The molecule has 18 heavy (non-hydrogen) atoms. The van der Waals surface area contributed by atoms with Crippen molar-refractivity contribution in [1.82, 2.24) is 4.90 Å². The van der Waals surface area contributed by atoms with Crippen molar-refractivity contribution < 1.29 is 9.72 Å². The van der Waals surface area contributed by atoms with Gasteiger partial charge in [0.05, 0.1) is 4.92 Å². The molecule has 1 saturated heterocycles. The van der Waals surface area contributed by atoms with Gasteiger partial charge in [-0.3, -0.25) is 14.9 Å². The second-order valence-electron chi connectivity index (χ2n) is 4.17. The Bertz CT molecular complexity index is 506. The average molecular weight is 314 g/mol. The topological polar surface area (TPSA) is 75.5 Å². The fraction of sp³-hybridized carbons (Fsp3) is 0.364. The van der Waals surface area contributed by atoms with Gasteiger partial charge in [-0.1, -0.05) is 0 Å². The zero-order chi connectivity index (χ0) is 13.3. The highest BCUT2D eigenvalue weighted by Crippen LogP contribution is 2.28. The molecule has 7 heteroatoms. The molecule has 1 aromatic rings. The van der Waals surface area contributed by atoms with Gasteiger partial charge in [-0.05, 0) is 28.4 Å². The third kappa shape index (κ3) is 2.45. The second kappa shape index (κ2) is 4.93. The van der Waals surface area contributed by atoms with Gasteiger partial charge in [0.1, 0.15) is 6.04 Å². The molecule has 0 saturated carbocycles. The van der Waals surface area contributed by atoms with E-state index in [0.29, 0.717) is 10.2 Å². The van der Waals surface area contributed by atoms with Crippen LogP contribution in [0.5, 0.6) is 0 Å². The zero-order valence-electron chi connectivity index (χ0n) is 9.72. The smallest absolute Gasteiger partial charge is 0.270 e. The number of non-ortho nitro benzene ring substituents is 1. The van der Waals surface area contributed by atoms with Gasteiger partial charge in [-0.2, -0.15) is 0 Å². The summed E-state index contributed by atoms with van der Waals surface area (Å²) in [5, 5.41) is 13.7. The molecule has 1 heterocycles. The zero-order valence-corrected chi connectivity index (χ0v) is 11.3. The van der Waals surface area contributed by atoms with Gasteiger partial charge >= 0.3 is 0 Å². The molecule has 96 valence electrons. The number of nitro groups is 1. The third-order valence-electron chi connectivity index (χ3n) is 2.92. The molecule has 2 rings (SSSR count). The van der Waals surface area contributed by atoms with Crippen LogP contribution in [0.15, 0.2) is 22.7 Å². The quantitative estimate of drug-likeness (QED) is 0.684. The molecule has 1 amide bonds. The number of amides is 1. The highest BCUT2D eigenvalue weighted by molar-refractivity contribution is 9.10. The van der Waals surface area contributed by atoms with Crippen LogP contribution in [0.3, 0.4) is 0 Å². The van der Waals surface area contributed by atoms with Crippen molar-refractivity contribution in [3.05, 3.63) is 32.8 Å². The second-order valence-corrected chi connectivity index (χ2v) is 5.02. The van der Waals surface area contributed by atoms with Crippen molar-refractivity contribution in [1.29, 1.82) is 0 Å². The largest absolute Gasteiger partial charge is 0.373 e. The minimum absolute atomic E-state index is 0.0160. The number of likely N-dealkylation sites (tertiary alicyclic amines) is 1. The number of anilines is 1. The predicted molar refractivity (Wildman–Crippen MR) is 70.5 cm³/mol. The predicted octanol–water partition coefficient (Wildman–Crippen LogP) is 2.00. The number of hydrogen-bond acceptors (Lipinski definition) is 4. The van der Waals surface area contributed by atoms with Crippen molar-refractivity contribution in [2.45, 2.75) is 12.5 Å². The van der Waals surface area contributed by atoms with E-state index in [0.717, 1.165) is 13.0 Å². The standard InChI is InChI=1S/C11H12BrN3O3/c1-14-5-4-10(11(14)16)13-9-3-2-7(15(17)18)6-8(9)12/h2-3,6,10,13H,4-5H2,1H3. The maximum absolute atomic E-state index is 11.7. The number of benzene rings is 1. The van der Waals surface area contributed by atoms with Gasteiger partial charge in [0.2, 0.25) is 5.91 Å². The lowest BCUT2D eigenvalue weighted by molar-refractivity contribution is -0.384. The summed E-state index contributed by atoms with van der Waals surface area (Å²) >= 11 is 3.27. The molecular weight excluding hydrogens is 302 g/mol. The van der Waals surface area contributed by atoms with E-state index in [2.05, 4.69) is 21.2 Å². The van der Waals surface area contributed by atoms with Crippen molar-refractivity contribution in [3.8, 4) is 0 Å². The third-order valence-corrected chi connectivity index (χ3v) is 3.58. The lowest BCUT2D eigenvalue weighted by Gasteiger charge is -2.14. The van der Waals surface area contributed by atoms with Gasteiger partial charge in [0.15, 0.2) is 0 Å². The van der Waals surface area contributed by atoms with Crippen LogP contribution in [0.1, 0.15) is 6.42 Å². The Balaban J connectivity index is 2.15. The van der Waals surface area contributed by atoms with Crippen LogP contribution in [0.4, 0.5) is 11.4 Å². The Morgan fingerprint density at radius 3 is 2.78 bits per heavy atom. The Hall–Kier alpha value is -1.63. The molecule has 0 aliphatic carbocycles. The van der Waals surface area contributed by atoms with Crippen molar-refractivity contribution >= 4 is 33.2 Å². The molecule has 1 unspecified atom stereocenters. The molecule has 1 aromatic carbocycles. The Morgan fingerprint density at radius 1 is 1.56 bits per heavy atom. The molecule has 0 aromatic heterocycles. The van der Waals surface area contributed by atoms with E-state index < -0.39 is 4.92 Å². The fourth-order valence-electron chi connectivity index (χ4n) is 1.88. The number of carbonyl (C=O) groups excluding carboxylic acids is 1. The van der Waals surface area contributed by atoms with E-state index in [1.54, 1.807) is 18.0 Å². The monoisotopic (exact) mass is 313 g/mol. The highest BCUT2D eigenvalue weighted by atomic mass is 79.9. The average Bonchev–Trinajstić information content (AvgIpc) is 2.63. The molecule has 0 spiro atoms. The van der Waals surface area contributed by atoms with Crippen LogP contribution in [0.2, 0.25) is 0 Å². The summed E-state index contributed by atoms with van der Waals surface area (Å²) in [4.78, 5) is 23.6. The van der Waals surface area contributed by atoms with Gasteiger partial charge in [-0.15, -0.1) is 0 Å². The molecule has 1 fully saturated rings. The molecule has 0 bridgehead atoms. The minimum atomic E-state index is -0.455. The summed E-state index contributed by atoms with van der Waals surface area (Å²) in [6.07, 6.45) is 0.735. The van der Waals surface area contributed by atoms with Crippen LogP contribution < -0.4 is 5.32 Å². The Labute approximate surface area is 112 Å². The molecule has 6 nitrogen and oxygen atoms in total. The molecule has 0 radical (unpaired) electrons. The normalized spacial score (nSPS) is 19.1. The first-order chi connectivity index (χ1) is 8.49. The van der Waals surface area contributed by atoms with Crippen molar-refractivity contribution in [3.63, 3.8) is 0 Å². The maximum Gasteiger partial charge on any atom is 0.270 e. The molecule has 1 aliphatic rings. The minimum Gasteiger partial charge on any atom is -0.373 e. The van der Waals surface area contributed by atoms with E-state index in [-0.39, 0.29) is 17.6 Å². The van der Waals surface area contributed by atoms with E-state index in [1.165, 1.54) is 12.1 Å². The van der Waals surface area contributed by atoms with E-state index in [1.807, 2.05) is 0 Å². The lowest BCUT2D eigenvalue weighted by Crippen LogP contribution is -2.31. The van der Waals surface area contributed by atoms with Crippen LogP contribution in [-0.2, 0) is 4.79 Å². The van der Waals surface area contributed by atoms with E-state index >= 15 is 0 Å². The Kier molecular flexibility index (Phi) is 3.51. The number of nitro benzene ring substituents is 1. The number of nitrogens with one attached hydrogen (secondary N) is 1. The summed E-state index contributed by atoms with van der Waals surface area (Å²) in [7, 11) is 1.76. The SMILES string of the molecule is CN1CCC(Nc2ccc([N+](=O)[O-])cc2Br)C1=O. The van der Waals surface area contributed by atoms with Crippen LogP contribution in [0, 0.1) is 10.1 Å². The van der Waals surface area contributed by atoms with E-state index in [4.69, 9.17) is 0 Å². The van der Waals surface area contributed by atoms with Crippen molar-refractivity contribution in [2.75, 3.05) is 18.9 Å². The fourth-order valence-corrected chi connectivity index (χ4v) is 2.36. The van der Waals surface area contributed by atoms with Gasteiger partial charge in [-0.25, -0.2) is 0 Å². The summed E-state index contributed by atoms with van der Waals surface area (Å²) in [6, 6.07) is 4.18. The lowest BCUT2D eigenvalue weighted by atomic mass is 10.2. The number of hydrogen-bond donors (Lipinski definition) is 1. The van der Waals surface area contributed by atoms with Crippen LogP contribution in [0.25, 0.3) is 0 Å². The molecule has 1 atom stereocenters. The number of carbonyl (C=O) groups is 1. The summed E-state index contributed by atoms with van der Waals surface area (Å²) < 4.78 is 0.582. The van der Waals surface area contributed by atoms with Crippen LogP contribution in [-0.4, -0.2) is 35.4 Å². The first-order valence-corrected chi connectivity index (χ1v) is 6.24. The summed E-state index contributed by atoms with van der Waals surface area (Å²) in [5.74, 6) is 0.0419. The molecule has 1 aliphatic heterocycles. The number of nitrogens with zero attached hydrogens (tertiary/aromatic N) is 2. The first-order valence-electron chi connectivity index (χ1n) is 5.44. The van der Waals surface area contributed by atoms with Crippen molar-refractivity contribution in [2.24, 2.45) is 0 Å². The van der Waals surface area contributed by atoms with Gasteiger partial charge in [0.25, 0.3) is 5.69 Å². The summed E-state index contributed by atoms with van der Waals surface area (Å²) in [5.41, 5.74) is 0.705. The number of rotatable bonds is 3. The summed E-state index contributed by atoms with van der Waals surface area (Å²) in [6.45, 7) is 0.723. The number of likely N-dealkylation sites (N-methyl/N-ethyl adjacent to an activating group) is 1. The van der Waals surface area contributed by atoms with Gasteiger partial charge < -0.3 is 10.2 Å². The highest BCUT2D eigenvalue weighted by Gasteiger charge is 2.29. The number of halogens is 1. The maximum atomic E-state index is 11.7.